The van der Waals surface area contributed by atoms with E-state index in [1.807, 2.05) is 13.8 Å². The number of hydrogen-bond donors (Lipinski definition) is 1. The number of aryl methyl sites for hydroxylation is 1. The van der Waals surface area contributed by atoms with E-state index in [-0.39, 0.29) is 22.7 Å². The quantitative estimate of drug-likeness (QED) is 0.566. The molecule has 1 amide bonds. The maximum Gasteiger partial charge on any atom is 0.271 e. The van der Waals surface area contributed by atoms with E-state index in [1.165, 1.54) is 18.2 Å². The van der Waals surface area contributed by atoms with Crippen molar-refractivity contribution in [2.45, 2.75) is 26.4 Å². The number of non-ortho nitro benzene ring substituents is 1. The highest BCUT2D eigenvalue weighted by Gasteiger charge is 2.26. The van der Waals surface area contributed by atoms with Crippen LogP contribution < -0.4 is 5.32 Å². The van der Waals surface area contributed by atoms with Crippen molar-refractivity contribution in [1.29, 1.82) is 0 Å². The third kappa shape index (κ3) is 5.05. The molecule has 1 saturated heterocycles. The summed E-state index contributed by atoms with van der Waals surface area (Å²) in [5, 5.41) is 16.9. The first-order valence-electron chi connectivity index (χ1n) is 8.95. The number of halogens is 1. The second-order valence-corrected chi connectivity index (χ2v) is 8.23. The largest absolute Gasteiger partial charge is 0.323 e. The van der Waals surface area contributed by atoms with Crippen LogP contribution in [0.25, 0.3) is 0 Å². The van der Waals surface area contributed by atoms with Crippen LogP contribution in [0, 0.1) is 17.0 Å². The van der Waals surface area contributed by atoms with Crippen molar-refractivity contribution in [2.75, 3.05) is 31.5 Å². The summed E-state index contributed by atoms with van der Waals surface area (Å²) in [6.45, 7) is 7.99. The van der Waals surface area contributed by atoms with Crippen LogP contribution in [-0.2, 0) is 11.3 Å². The average Bonchev–Trinajstić information content (AvgIpc) is 3.08. The van der Waals surface area contributed by atoms with E-state index in [0.717, 1.165) is 43.4 Å². The number of carbonyl (C=O) groups excluding carboxylic acids is 1. The highest BCUT2D eigenvalue weighted by atomic mass is 35.5. The number of carbonyl (C=O) groups is 1. The Kier molecular flexibility index (Phi) is 6.61. The van der Waals surface area contributed by atoms with E-state index >= 15 is 0 Å². The lowest BCUT2D eigenvalue weighted by Gasteiger charge is -2.37. The molecule has 1 aromatic carbocycles. The van der Waals surface area contributed by atoms with Crippen LogP contribution in [0.5, 0.6) is 0 Å². The predicted molar refractivity (Wildman–Crippen MR) is 110 cm³/mol. The Morgan fingerprint density at radius 1 is 1.39 bits per heavy atom. The van der Waals surface area contributed by atoms with Gasteiger partial charge in [0.1, 0.15) is 0 Å². The van der Waals surface area contributed by atoms with Crippen molar-refractivity contribution in [3.05, 3.63) is 49.4 Å². The molecule has 0 spiro atoms. The van der Waals surface area contributed by atoms with Crippen molar-refractivity contribution in [3.8, 4) is 0 Å². The van der Waals surface area contributed by atoms with Crippen molar-refractivity contribution in [3.63, 3.8) is 0 Å². The third-order valence-electron chi connectivity index (χ3n) is 4.81. The minimum Gasteiger partial charge on any atom is -0.323 e. The number of anilines is 1. The third-order valence-corrected chi connectivity index (χ3v) is 5.94. The first kappa shape index (κ1) is 20.7. The number of hydrogen-bond acceptors (Lipinski definition) is 7. The zero-order valence-corrected chi connectivity index (χ0v) is 17.3. The number of thiazole rings is 1. The number of nitrogens with zero attached hydrogens (tertiary/aromatic N) is 4. The smallest absolute Gasteiger partial charge is 0.271 e. The average molecular weight is 424 g/mol. The fourth-order valence-corrected chi connectivity index (χ4v) is 3.97. The van der Waals surface area contributed by atoms with Gasteiger partial charge in [0, 0.05) is 50.2 Å². The van der Waals surface area contributed by atoms with Crippen LogP contribution in [0.3, 0.4) is 0 Å². The van der Waals surface area contributed by atoms with E-state index in [1.54, 1.807) is 11.3 Å². The van der Waals surface area contributed by atoms with Crippen LogP contribution in [-0.4, -0.2) is 57.8 Å². The molecule has 2 aromatic rings. The summed E-state index contributed by atoms with van der Waals surface area (Å²) in [4.78, 5) is 31.8. The van der Waals surface area contributed by atoms with Crippen LogP contribution in [0.15, 0.2) is 23.6 Å². The molecule has 1 aliphatic heterocycles. The molecule has 28 heavy (non-hydrogen) atoms. The molecule has 0 bridgehead atoms. The van der Waals surface area contributed by atoms with Gasteiger partial charge in [0.05, 0.1) is 32.4 Å². The molecular weight excluding hydrogens is 402 g/mol. The highest BCUT2D eigenvalue weighted by Crippen LogP contribution is 2.27. The van der Waals surface area contributed by atoms with Gasteiger partial charge < -0.3 is 5.32 Å². The van der Waals surface area contributed by atoms with Crippen molar-refractivity contribution in [1.82, 2.24) is 14.8 Å². The lowest BCUT2D eigenvalue weighted by Crippen LogP contribution is -2.52. The minimum absolute atomic E-state index is 0.109. The summed E-state index contributed by atoms with van der Waals surface area (Å²) in [5.74, 6) is -0.181. The maximum atomic E-state index is 12.6. The molecule has 1 N–H and O–H groups in total. The number of piperazine rings is 1. The van der Waals surface area contributed by atoms with Gasteiger partial charge in [-0.3, -0.25) is 24.7 Å². The monoisotopic (exact) mass is 423 g/mol. The number of nitrogens with one attached hydrogen (secondary N) is 1. The van der Waals surface area contributed by atoms with Gasteiger partial charge in [-0.05, 0) is 19.9 Å². The summed E-state index contributed by atoms with van der Waals surface area (Å²) in [5.41, 5.74) is 1.36. The summed E-state index contributed by atoms with van der Waals surface area (Å²) < 4.78 is 0. The molecule has 150 valence electrons. The van der Waals surface area contributed by atoms with Gasteiger partial charge in [0.2, 0.25) is 5.91 Å². The number of nitro groups is 1. The van der Waals surface area contributed by atoms with E-state index < -0.39 is 4.92 Å². The summed E-state index contributed by atoms with van der Waals surface area (Å²) in [6, 6.07) is 3.69. The van der Waals surface area contributed by atoms with Gasteiger partial charge in [0.15, 0.2) is 0 Å². The molecule has 1 atom stereocenters. The fourth-order valence-electron chi connectivity index (χ4n) is 3.14. The van der Waals surface area contributed by atoms with Crippen LogP contribution >= 0.6 is 22.9 Å². The topological polar surface area (TPSA) is 91.6 Å². The normalized spacial score (nSPS) is 16.7. The Morgan fingerprint density at radius 2 is 2.11 bits per heavy atom. The zero-order valence-electron chi connectivity index (χ0n) is 15.7. The summed E-state index contributed by atoms with van der Waals surface area (Å²) >= 11 is 7.72. The Hall–Kier alpha value is -2.07. The van der Waals surface area contributed by atoms with E-state index in [2.05, 4.69) is 25.5 Å². The van der Waals surface area contributed by atoms with Gasteiger partial charge >= 0.3 is 0 Å². The molecule has 0 saturated carbocycles. The van der Waals surface area contributed by atoms with Crippen LogP contribution in [0.2, 0.25) is 5.02 Å². The number of nitro benzene ring substituents is 1. The van der Waals surface area contributed by atoms with Crippen LogP contribution in [0.1, 0.15) is 17.6 Å². The lowest BCUT2D eigenvalue weighted by molar-refractivity contribution is -0.384. The molecule has 1 fully saturated rings. The van der Waals surface area contributed by atoms with E-state index in [0.29, 0.717) is 5.69 Å². The summed E-state index contributed by atoms with van der Waals surface area (Å²) in [7, 11) is 0. The Bertz CT molecular complexity index is 867. The molecule has 1 aromatic heterocycles. The van der Waals surface area contributed by atoms with Crippen molar-refractivity contribution < 1.29 is 9.72 Å². The predicted octanol–water partition coefficient (Wildman–Crippen LogP) is 3.16. The van der Waals surface area contributed by atoms with Gasteiger partial charge in [-0.25, -0.2) is 4.98 Å². The molecular formula is C18H22ClN5O3S. The molecule has 1 aliphatic rings. The lowest BCUT2D eigenvalue weighted by atomic mass is 10.2. The van der Waals surface area contributed by atoms with Crippen LogP contribution in [0.4, 0.5) is 11.4 Å². The molecule has 10 heteroatoms. The Morgan fingerprint density at radius 3 is 2.68 bits per heavy atom. The van der Waals surface area contributed by atoms with E-state index in [4.69, 9.17) is 11.6 Å². The number of benzene rings is 1. The fraction of sp³-hybridized carbons (Fsp3) is 0.444. The first-order valence-corrected chi connectivity index (χ1v) is 10.2. The highest BCUT2D eigenvalue weighted by molar-refractivity contribution is 7.09. The molecule has 8 nitrogen and oxygen atoms in total. The number of aromatic nitrogens is 1. The molecule has 0 radical (unpaired) electrons. The van der Waals surface area contributed by atoms with Gasteiger partial charge in [0.25, 0.3) is 5.69 Å². The van der Waals surface area contributed by atoms with Crippen molar-refractivity contribution >= 4 is 40.2 Å². The standard InChI is InChI=1S/C18H22ClN5O3S/c1-12(18(25)21-17-4-3-15(24(26)27)9-16(17)19)23-7-5-22(6-8-23)10-14-11-28-13(2)20-14/h3-4,9,11-12H,5-8,10H2,1-2H3,(H,21,25)/t12-/m1/s1. The van der Waals surface area contributed by atoms with E-state index in [9.17, 15) is 14.9 Å². The molecule has 0 aliphatic carbocycles. The number of amides is 1. The molecule has 2 heterocycles. The maximum absolute atomic E-state index is 12.6. The van der Waals surface area contributed by atoms with Crippen molar-refractivity contribution in [2.24, 2.45) is 0 Å². The van der Waals surface area contributed by atoms with Gasteiger partial charge in [-0.2, -0.15) is 0 Å². The second-order valence-electron chi connectivity index (χ2n) is 6.76. The molecule has 0 unspecified atom stereocenters. The van der Waals surface area contributed by atoms with Gasteiger partial charge in [-0.1, -0.05) is 11.6 Å². The SMILES string of the molecule is Cc1nc(CN2CCN([C@H](C)C(=O)Nc3ccc([N+](=O)[O-])cc3Cl)CC2)cs1. The zero-order chi connectivity index (χ0) is 20.3. The Labute approximate surface area is 172 Å². The molecule has 3 rings (SSSR count). The number of rotatable bonds is 6. The first-order chi connectivity index (χ1) is 13.3. The minimum atomic E-state index is -0.521. The Balaban J connectivity index is 1.52. The second kappa shape index (κ2) is 8.95. The summed E-state index contributed by atoms with van der Waals surface area (Å²) in [6.07, 6.45) is 0. The van der Waals surface area contributed by atoms with Gasteiger partial charge in [-0.15, -0.1) is 11.3 Å².